The summed E-state index contributed by atoms with van der Waals surface area (Å²) in [5.41, 5.74) is 2.62. The van der Waals surface area contributed by atoms with E-state index in [0.29, 0.717) is 23.0 Å². The molecule has 1 aliphatic rings. The van der Waals surface area contributed by atoms with Crippen molar-refractivity contribution in [2.75, 3.05) is 17.2 Å². The number of fused-ring (bicyclic) bond motifs is 1. The van der Waals surface area contributed by atoms with Gasteiger partial charge in [0.15, 0.2) is 0 Å². The van der Waals surface area contributed by atoms with E-state index in [4.69, 9.17) is 4.42 Å². The van der Waals surface area contributed by atoms with Gasteiger partial charge in [-0.25, -0.2) is 0 Å². The molecule has 0 aliphatic heterocycles. The van der Waals surface area contributed by atoms with E-state index < -0.39 is 0 Å². The van der Waals surface area contributed by atoms with Crippen molar-refractivity contribution in [3.8, 4) is 0 Å². The largest absolute Gasteiger partial charge is 0.468 e. The first-order valence-corrected chi connectivity index (χ1v) is 12.2. The Hall–Kier alpha value is -2.90. The molecule has 1 aromatic carbocycles. The molecule has 0 spiro atoms. The fourth-order valence-electron chi connectivity index (χ4n) is 4.25. The number of para-hydroxylation sites is 1. The number of rotatable bonds is 7. The third kappa shape index (κ3) is 5.72. The number of furan rings is 1. The van der Waals surface area contributed by atoms with E-state index in [9.17, 15) is 9.59 Å². The Balaban J connectivity index is 1.53. The molecule has 0 saturated carbocycles. The van der Waals surface area contributed by atoms with E-state index in [-0.39, 0.29) is 23.8 Å². The molecule has 7 heteroatoms. The second kappa shape index (κ2) is 9.93. The van der Waals surface area contributed by atoms with Crippen molar-refractivity contribution in [2.45, 2.75) is 46.6 Å². The number of hydrogen-bond acceptors (Lipinski definition) is 5. The third-order valence-electron chi connectivity index (χ3n) is 6.17. The van der Waals surface area contributed by atoms with Crippen LogP contribution in [0.3, 0.4) is 0 Å². The summed E-state index contributed by atoms with van der Waals surface area (Å²) in [6.45, 7) is 7.41. The lowest BCUT2D eigenvalue weighted by Gasteiger charge is -2.33. The van der Waals surface area contributed by atoms with Crippen LogP contribution in [0, 0.1) is 11.3 Å². The highest BCUT2D eigenvalue weighted by Crippen LogP contribution is 2.44. The Morgan fingerprint density at radius 1 is 1.09 bits per heavy atom. The second-order valence-corrected chi connectivity index (χ2v) is 10.7. The molecule has 33 heavy (non-hydrogen) atoms. The third-order valence-corrected chi connectivity index (χ3v) is 7.34. The van der Waals surface area contributed by atoms with Crippen LogP contribution < -0.4 is 16.0 Å². The molecular formula is C26H31N3O3S. The van der Waals surface area contributed by atoms with Gasteiger partial charge in [0.05, 0.1) is 24.9 Å². The molecule has 1 unspecified atom stereocenters. The van der Waals surface area contributed by atoms with Gasteiger partial charge in [-0.15, -0.1) is 11.3 Å². The average Bonchev–Trinajstić information content (AvgIpc) is 3.40. The van der Waals surface area contributed by atoms with Crippen molar-refractivity contribution >= 4 is 33.8 Å². The maximum atomic E-state index is 13.3. The zero-order valence-corrected chi connectivity index (χ0v) is 20.2. The monoisotopic (exact) mass is 465 g/mol. The topological polar surface area (TPSA) is 83.4 Å². The summed E-state index contributed by atoms with van der Waals surface area (Å²) in [6, 6.07) is 13.1. The van der Waals surface area contributed by atoms with Gasteiger partial charge in [0.1, 0.15) is 10.8 Å². The lowest BCUT2D eigenvalue weighted by atomic mass is 9.72. The van der Waals surface area contributed by atoms with E-state index in [1.807, 2.05) is 42.5 Å². The van der Waals surface area contributed by atoms with Crippen LogP contribution in [-0.4, -0.2) is 18.4 Å². The predicted molar refractivity (Wildman–Crippen MR) is 133 cm³/mol. The van der Waals surface area contributed by atoms with Crippen LogP contribution in [0.4, 0.5) is 10.7 Å². The minimum absolute atomic E-state index is 0.133. The van der Waals surface area contributed by atoms with Crippen molar-refractivity contribution in [3.63, 3.8) is 0 Å². The minimum atomic E-state index is -0.179. The molecule has 2 heterocycles. The summed E-state index contributed by atoms with van der Waals surface area (Å²) in [5.74, 6) is 0.964. The quantitative estimate of drug-likeness (QED) is 0.432. The van der Waals surface area contributed by atoms with Crippen LogP contribution in [0.25, 0.3) is 0 Å². The number of hydrogen-bond donors (Lipinski definition) is 3. The molecule has 3 aromatic rings. The first-order valence-electron chi connectivity index (χ1n) is 11.3. The van der Waals surface area contributed by atoms with Crippen molar-refractivity contribution in [1.82, 2.24) is 5.32 Å². The molecular weight excluding hydrogens is 434 g/mol. The number of amides is 2. The van der Waals surface area contributed by atoms with Crippen LogP contribution in [0.15, 0.2) is 53.1 Å². The molecule has 3 N–H and O–H groups in total. The number of thiophene rings is 1. The first kappa shape index (κ1) is 23.3. The summed E-state index contributed by atoms with van der Waals surface area (Å²) in [7, 11) is 0. The van der Waals surface area contributed by atoms with Crippen LogP contribution in [0.5, 0.6) is 0 Å². The van der Waals surface area contributed by atoms with Gasteiger partial charge in [-0.2, -0.15) is 0 Å². The molecule has 0 saturated heterocycles. The molecule has 2 aromatic heterocycles. The fraction of sp³-hybridized carbons (Fsp3) is 0.385. The van der Waals surface area contributed by atoms with E-state index >= 15 is 0 Å². The maximum Gasteiger partial charge on any atom is 0.258 e. The van der Waals surface area contributed by atoms with Gasteiger partial charge >= 0.3 is 0 Å². The zero-order chi connectivity index (χ0) is 23.4. The summed E-state index contributed by atoms with van der Waals surface area (Å²) in [5, 5.41) is 9.71. The molecule has 174 valence electrons. The zero-order valence-electron chi connectivity index (χ0n) is 19.4. The molecule has 1 aliphatic carbocycles. The summed E-state index contributed by atoms with van der Waals surface area (Å²) < 4.78 is 5.29. The molecule has 0 bridgehead atoms. The highest BCUT2D eigenvalue weighted by atomic mass is 32.1. The van der Waals surface area contributed by atoms with Gasteiger partial charge in [-0.1, -0.05) is 39.0 Å². The smallest absolute Gasteiger partial charge is 0.258 e. The molecule has 1 atom stereocenters. The minimum Gasteiger partial charge on any atom is -0.468 e. The van der Waals surface area contributed by atoms with Crippen molar-refractivity contribution in [3.05, 3.63) is 70.5 Å². The maximum absolute atomic E-state index is 13.3. The SMILES string of the molecule is CC(C)(C)C1CCc2c(sc(NC(=O)CNCc3ccco3)c2C(=O)Nc2ccccc2)C1. The summed E-state index contributed by atoms with van der Waals surface area (Å²) >= 11 is 1.54. The number of benzene rings is 1. The first-order chi connectivity index (χ1) is 15.8. The van der Waals surface area contributed by atoms with Gasteiger partial charge < -0.3 is 20.4 Å². The number of anilines is 2. The van der Waals surface area contributed by atoms with Crippen molar-refractivity contribution in [1.29, 1.82) is 0 Å². The fourth-order valence-corrected chi connectivity index (χ4v) is 5.59. The average molecular weight is 466 g/mol. The van der Waals surface area contributed by atoms with Crippen LogP contribution in [0.1, 0.15) is 53.8 Å². The Bertz CT molecular complexity index is 1100. The Kier molecular flexibility index (Phi) is 7.00. The van der Waals surface area contributed by atoms with Crippen LogP contribution in [0.2, 0.25) is 0 Å². The Morgan fingerprint density at radius 3 is 2.58 bits per heavy atom. The van der Waals surface area contributed by atoms with E-state index in [2.05, 4.69) is 36.7 Å². The normalized spacial score (nSPS) is 15.7. The van der Waals surface area contributed by atoms with Crippen molar-refractivity contribution < 1.29 is 14.0 Å². The lowest BCUT2D eigenvalue weighted by Crippen LogP contribution is -2.28. The van der Waals surface area contributed by atoms with Crippen molar-refractivity contribution in [2.24, 2.45) is 11.3 Å². The van der Waals surface area contributed by atoms with Crippen LogP contribution in [-0.2, 0) is 24.2 Å². The van der Waals surface area contributed by atoms with E-state index in [1.54, 1.807) is 17.6 Å². The standard InChI is InChI=1S/C26H31N3O3S/c1-26(2,3)17-11-12-20-21(14-17)33-25(23(20)24(31)28-18-8-5-4-6-9-18)29-22(30)16-27-15-19-10-7-13-32-19/h4-10,13,17,27H,11-12,14-16H2,1-3H3,(H,28,31)(H,29,30). The van der Waals surface area contributed by atoms with Gasteiger partial charge in [0, 0.05) is 10.6 Å². The highest BCUT2D eigenvalue weighted by molar-refractivity contribution is 7.17. The highest BCUT2D eigenvalue weighted by Gasteiger charge is 2.34. The number of nitrogens with one attached hydrogen (secondary N) is 3. The van der Waals surface area contributed by atoms with E-state index in [0.717, 1.165) is 36.3 Å². The molecule has 0 fully saturated rings. The predicted octanol–water partition coefficient (Wildman–Crippen LogP) is 5.47. The van der Waals surface area contributed by atoms with Gasteiger partial charge in [-0.05, 0) is 60.4 Å². The summed E-state index contributed by atoms with van der Waals surface area (Å²) in [6.07, 6.45) is 4.42. The summed E-state index contributed by atoms with van der Waals surface area (Å²) in [4.78, 5) is 27.2. The molecule has 6 nitrogen and oxygen atoms in total. The molecule has 4 rings (SSSR count). The molecule has 0 radical (unpaired) electrons. The van der Waals surface area contributed by atoms with Gasteiger partial charge in [0.2, 0.25) is 5.91 Å². The van der Waals surface area contributed by atoms with Gasteiger partial charge in [0.25, 0.3) is 5.91 Å². The van der Waals surface area contributed by atoms with Gasteiger partial charge in [-0.3, -0.25) is 9.59 Å². The van der Waals surface area contributed by atoms with Crippen LogP contribution >= 0.6 is 11.3 Å². The lowest BCUT2D eigenvalue weighted by molar-refractivity contribution is -0.115. The Morgan fingerprint density at radius 2 is 1.88 bits per heavy atom. The molecule has 2 amide bonds. The number of carbonyl (C=O) groups excluding carboxylic acids is 2. The second-order valence-electron chi connectivity index (χ2n) is 9.56. The number of carbonyl (C=O) groups is 2. The van der Waals surface area contributed by atoms with E-state index in [1.165, 1.54) is 4.88 Å². The Labute approximate surface area is 198 Å².